The minimum absolute atomic E-state index is 0.657. The summed E-state index contributed by atoms with van der Waals surface area (Å²) in [6.45, 7) is 4.93. The van der Waals surface area contributed by atoms with Crippen molar-refractivity contribution in [2.24, 2.45) is 0 Å². The SMILES string of the molecule is CCCCCCCCCCOc1ccc(C)cc1C=O. The van der Waals surface area contributed by atoms with Gasteiger partial charge in [0.25, 0.3) is 0 Å². The van der Waals surface area contributed by atoms with E-state index in [1.807, 2.05) is 25.1 Å². The van der Waals surface area contributed by atoms with E-state index in [1.54, 1.807) is 0 Å². The number of rotatable bonds is 11. The molecule has 0 saturated heterocycles. The number of hydrogen-bond acceptors (Lipinski definition) is 2. The van der Waals surface area contributed by atoms with Crippen molar-refractivity contribution >= 4 is 6.29 Å². The first-order valence-corrected chi connectivity index (χ1v) is 7.96. The minimum atomic E-state index is 0.657. The Bertz CT molecular complexity index is 385. The van der Waals surface area contributed by atoms with Crippen LogP contribution in [0.1, 0.15) is 74.2 Å². The first-order valence-electron chi connectivity index (χ1n) is 7.96. The van der Waals surface area contributed by atoms with Crippen LogP contribution in [-0.2, 0) is 0 Å². The molecule has 0 bridgehead atoms. The maximum atomic E-state index is 11.0. The summed E-state index contributed by atoms with van der Waals surface area (Å²) in [5.41, 5.74) is 1.75. The Morgan fingerprint density at radius 2 is 1.65 bits per heavy atom. The second-order valence-corrected chi connectivity index (χ2v) is 5.48. The molecular weight excluding hydrogens is 248 g/mol. The van der Waals surface area contributed by atoms with Gasteiger partial charge in [0.1, 0.15) is 5.75 Å². The normalized spacial score (nSPS) is 10.5. The second kappa shape index (κ2) is 10.5. The summed E-state index contributed by atoms with van der Waals surface area (Å²) in [5, 5.41) is 0. The molecule has 0 atom stereocenters. The van der Waals surface area contributed by atoms with E-state index in [1.165, 1.54) is 44.9 Å². The summed E-state index contributed by atoms with van der Waals surface area (Å²) in [5.74, 6) is 0.716. The third kappa shape index (κ3) is 6.74. The van der Waals surface area contributed by atoms with Gasteiger partial charge in [-0.3, -0.25) is 4.79 Å². The Morgan fingerprint density at radius 1 is 1.00 bits per heavy atom. The number of carbonyl (C=O) groups is 1. The summed E-state index contributed by atoms with van der Waals surface area (Å²) < 4.78 is 5.70. The summed E-state index contributed by atoms with van der Waals surface area (Å²) in [6.07, 6.45) is 11.2. The predicted octanol–water partition coefficient (Wildman–Crippen LogP) is 5.33. The Labute approximate surface area is 123 Å². The average molecular weight is 276 g/mol. The molecule has 0 aliphatic heterocycles. The van der Waals surface area contributed by atoms with Crippen LogP contribution in [0.15, 0.2) is 18.2 Å². The van der Waals surface area contributed by atoms with Gasteiger partial charge in [0, 0.05) is 0 Å². The largest absolute Gasteiger partial charge is 0.493 e. The molecule has 1 aromatic carbocycles. The maximum absolute atomic E-state index is 11.0. The van der Waals surface area contributed by atoms with Crippen molar-refractivity contribution in [1.29, 1.82) is 0 Å². The van der Waals surface area contributed by atoms with Crippen LogP contribution in [0.2, 0.25) is 0 Å². The summed E-state index contributed by atoms with van der Waals surface area (Å²) in [4.78, 5) is 11.0. The van der Waals surface area contributed by atoms with Crippen molar-refractivity contribution < 1.29 is 9.53 Å². The minimum Gasteiger partial charge on any atom is -0.493 e. The van der Waals surface area contributed by atoms with Gasteiger partial charge >= 0.3 is 0 Å². The van der Waals surface area contributed by atoms with Gasteiger partial charge in [-0.2, -0.15) is 0 Å². The van der Waals surface area contributed by atoms with Gasteiger partial charge < -0.3 is 4.74 Å². The standard InChI is InChI=1S/C18H28O2/c1-3-4-5-6-7-8-9-10-13-20-18-12-11-16(2)14-17(18)15-19/h11-12,14-15H,3-10,13H2,1-2H3. The smallest absolute Gasteiger partial charge is 0.153 e. The molecule has 0 amide bonds. The van der Waals surface area contributed by atoms with Crippen molar-refractivity contribution in [1.82, 2.24) is 0 Å². The monoisotopic (exact) mass is 276 g/mol. The molecule has 0 heterocycles. The Kier molecular flexibility index (Phi) is 8.77. The molecule has 0 unspecified atom stereocenters. The summed E-state index contributed by atoms with van der Waals surface area (Å²) in [6, 6.07) is 5.75. The lowest BCUT2D eigenvalue weighted by molar-refractivity contribution is 0.111. The first-order chi connectivity index (χ1) is 9.77. The quantitative estimate of drug-likeness (QED) is 0.403. The number of benzene rings is 1. The molecule has 1 aromatic rings. The van der Waals surface area contributed by atoms with E-state index in [-0.39, 0.29) is 0 Å². The van der Waals surface area contributed by atoms with E-state index in [2.05, 4.69) is 6.92 Å². The maximum Gasteiger partial charge on any atom is 0.153 e. The number of aldehydes is 1. The van der Waals surface area contributed by atoms with Crippen LogP contribution in [0.5, 0.6) is 5.75 Å². The number of ether oxygens (including phenoxy) is 1. The average Bonchev–Trinajstić information content (AvgIpc) is 2.46. The van der Waals surface area contributed by atoms with Crippen molar-refractivity contribution in [2.45, 2.75) is 65.2 Å². The third-order valence-corrected chi connectivity index (χ3v) is 3.55. The molecule has 2 nitrogen and oxygen atoms in total. The van der Waals surface area contributed by atoms with Gasteiger partial charge in [-0.05, 0) is 25.5 Å². The van der Waals surface area contributed by atoms with Gasteiger partial charge in [0.05, 0.1) is 12.2 Å². The Hall–Kier alpha value is -1.31. The zero-order valence-corrected chi connectivity index (χ0v) is 13.0. The van der Waals surface area contributed by atoms with Crippen molar-refractivity contribution in [3.05, 3.63) is 29.3 Å². The van der Waals surface area contributed by atoms with E-state index in [0.717, 1.165) is 18.3 Å². The van der Waals surface area contributed by atoms with Crippen LogP contribution in [0.4, 0.5) is 0 Å². The first kappa shape index (κ1) is 16.7. The number of carbonyl (C=O) groups excluding carboxylic acids is 1. The lowest BCUT2D eigenvalue weighted by atomic mass is 10.1. The number of aryl methyl sites for hydroxylation is 1. The zero-order valence-electron chi connectivity index (χ0n) is 13.0. The molecule has 0 spiro atoms. The van der Waals surface area contributed by atoms with Crippen LogP contribution in [0, 0.1) is 6.92 Å². The van der Waals surface area contributed by atoms with Crippen molar-refractivity contribution in [2.75, 3.05) is 6.61 Å². The van der Waals surface area contributed by atoms with Crippen LogP contribution >= 0.6 is 0 Å². The van der Waals surface area contributed by atoms with Gasteiger partial charge in [-0.1, -0.05) is 63.5 Å². The summed E-state index contributed by atoms with van der Waals surface area (Å²) >= 11 is 0. The molecule has 0 saturated carbocycles. The highest BCUT2D eigenvalue weighted by Gasteiger charge is 2.02. The van der Waals surface area contributed by atoms with Gasteiger partial charge in [0.2, 0.25) is 0 Å². The molecule has 1 rings (SSSR count). The van der Waals surface area contributed by atoms with Gasteiger partial charge in [-0.25, -0.2) is 0 Å². The Morgan fingerprint density at radius 3 is 2.30 bits per heavy atom. The van der Waals surface area contributed by atoms with Crippen LogP contribution < -0.4 is 4.74 Å². The number of unbranched alkanes of at least 4 members (excludes halogenated alkanes) is 7. The molecule has 0 aliphatic carbocycles. The topological polar surface area (TPSA) is 26.3 Å². The molecular formula is C18H28O2. The third-order valence-electron chi connectivity index (χ3n) is 3.55. The van der Waals surface area contributed by atoms with Gasteiger partial charge in [-0.15, -0.1) is 0 Å². The van der Waals surface area contributed by atoms with E-state index in [4.69, 9.17) is 4.74 Å². The fourth-order valence-corrected chi connectivity index (χ4v) is 2.31. The molecule has 0 N–H and O–H groups in total. The highest BCUT2D eigenvalue weighted by molar-refractivity contribution is 5.79. The lowest BCUT2D eigenvalue weighted by Gasteiger charge is -2.09. The molecule has 2 heteroatoms. The molecule has 0 radical (unpaired) electrons. The van der Waals surface area contributed by atoms with Crippen LogP contribution in [0.3, 0.4) is 0 Å². The molecule has 20 heavy (non-hydrogen) atoms. The van der Waals surface area contributed by atoms with E-state index < -0.39 is 0 Å². The predicted molar refractivity (Wildman–Crippen MR) is 84.7 cm³/mol. The zero-order chi connectivity index (χ0) is 14.6. The van der Waals surface area contributed by atoms with Crippen molar-refractivity contribution in [3.8, 4) is 5.75 Å². The fourth-order valence-electron chi connectivity index (χ4n) is 2.31. The van der Waals surface area contributed by atoms with Gasteiger partial charge in [0.15, 0.2) is 6.29 Å². The molecule has 112 valence electrons. The van der Waals surface area contributed by atoms with E-state index >= 15 is 0 Å². The molecule has 0 aliphatic rings. The second-order valence-electron chi connectivity index (χ2n) is 5.48. The van der Waals surface area contributed by atoms with Crippen molar-refractivity contribution in [3.63, 3.8) is 0 Å². The molecule has 0 aromatic heterocycles. The van der Waals surface area contributed by atoms with Crippen LogP contribution in [-0.4, -0.2) is 12.9 Å². The molecule has 0 fully saturated rings. The highest BCUT2D eigenvalue weighted by Crippen LogP contribution is 2.18. The fraction of sp³-hybridized carbons (Fsp3) is 0.611. The summed E-state index contributed by atoms with van der Waals surface area (Å²) in [7, 11) is 0. The van der Waals surface area contributed by atoms with Crippen LogP contribution in [0.25, 0.3) is 0 Å². The number of hydrogen-bond donors (Lipinski definition) is 0. The highest BCUT2D eigenvalue weighted by atomic mass is 16.5. The van der Waals surface area contributed by atoms with E-state index in [0.29, 0.717) is 17.9 Å². The lowest BCUT2D eigenvalue weighted by Crippen LogP contribution is -2.00. The Balaban J connectivity index is 2.11. The van der Waals surface area contributed by atoms with E-state index in [9.17, 15) is 4.79 Å².